The van der Waals surface area contributed by atoms with Crippen molar-refractivity contribution in [1.82, 2.24) is 14.7 Å². The maximum atomic E-state index is 12.6. The highest BCUT2D eigenvalue weighted by Gasteiger charge is 2.37. The average Bonchev–Trinajstić information content (AvgIpc) is 2.95. The summed E-state index contributed by atoms with van der Waals surface area (Å²) in [6, 6.07) is 0.710. The quantitative estimate of drug-likeness (QED) is 0.851. The van der Waals surface area contributed by atoms with Crippen LogP contribution in [0.25, 0.3) is 0 Å². The van der Waals surface area contributed by atoms with Gasteiger partial charge in [0.2, 0.25) is 0 Å². The summed E-state index contributed by atoms with van der Waals surface area (Å²) in [6.07, 6.45) is -2.93. The Hall–Kier alpha value is -1.57. The number of hydrogen-bond acceptors (Lipinski definition) is 3. The van der Waals surface area contributed by atoms with Crippen molar-refractivity contribution in [1.29, 1.82) is 0 Å². The number of methoxy groups -OCH3 is 1. The molecule has 1 saturated heterocycles. The van der Waals surface area contributed by atoms with Crippen molar-refractivity contribution in [2.45, 2.75) is 25.1 Å². The minimum Gasteiger partial charge on any atom is -0.383 e. The fraction of sp³-hybridized carbons (Fsp3) is 0.667. The van der Waals surface area contributed by atoms with Crippen LogP contribution in [0.4, 0.5) is 13.2 Å². The van der Waals surface area contributed by atoms with Crippen molar-refractivity contribution in [3.05, 3.63) is 17.5 Å². The average molecular weight is 291 g/mol. The fourth-order valence-corrected chi connectivity index (χ4v) is 2.42. The van der Waals surface area contributed by atoms with Crippen LogP contribution in [-0.2, 0) is 18.0 Å². The molecule has 1 aromatic heterocycles. The van der Waals surface area contributed by atoms with Gasteiger partial charge in [-0.15, -0.1) is 0 Å². The number of alkyl halides is 3. The van der Waals surface area contributed by atoms with Gasteiger partial charge in [-0.05, 0) is 12.8 Å². The number of hydrogen-bond donors (Lipinski definition) is 0. The van der Waals surface area contributed by atoms with Crippen molar-refractivity contribution in [2.75, 3.05) is 20.3 Å². The van der Waals surface area contributed by atoms with Crippen LogP contribution < -0.4 is 0 Å². The number of aromatic nitrogens is 2. The lowest BCUT2D eigenvalue weighted by Gasteiger charge is -2.23. The number of amides is 1. The van der Waals surface area contributed by atoms with Crippen molar-refractivity contribution in [3.63, 3.8) is 0 Å². The predicted molar refractivity (Wildman–Crippen MR) is 64.1 cm³/mol. The molecule has 112 valence electrons. The molecule has 0 radical (unpaired) electrons. The summed E-state index contributed by atoms with van der Waals surface area (Å²) in [4.78, 5) is 13.9. The lowest BCUT2D eigenvalue weighted by Crippen LogP contribution is -2.38. The van der Waals surface area contributed by atoms with Crippen LogP contribution in [0.5, 0.6) is 0 Å². The molecule has 0 N–H and O–H groups in total. The fourth-order valence-electron chi connectivity index (χ4n) is 2.42. The highest BCUT2D eigenvalue weighted by atomic mass is 19.4. The highest BCUT2D eigenvalue weighted by molar-refractivity contribution is 5.93. The van der Waals surface area contributed by atoms with Gasteiger partial charge >= 0.3 is 6.18 Å². The van der Waals surface area contributed by atoms with E-state index in [9.17, 15) is 18.0 Å². The second-order valence-electron chi connectivity index (χ2n) is 4.79. The zero-order chi connectivity index (χ0) is 14.9. The molecular weight excluding hydrogens is 275 g/mol. The van der Waals surface area contributed by atoms with Crippen molar-refractivity contribution in [2.24, 2.45) is 7.05 Å². The minimum absolute atomic E-state index is 0.0553. The van der Waals surface area contributed by atoms with E-state index in [0.29, 0.717) is 13.2 Å². The van der Waals surface area contributed by atoms with Gasteiger partial charge < -0.3 is 9.64 Å². The number of rotatable bonds is 3. The van der Waals surface area contributed by atoms with E-state index < -0.39 is 17.8 Å². The third-order valence-electron chi connectivity index (χ3n) is 3.39. The van der Waals surface area contributed by atoms with E-state index in [-0.39, 0.29) is 11.7 Å². The Morgan fingerprint density at radius 1 is 1.55 bits per heavy atom. The standard InChI is InChI=1S/C12H16F3N3O2/c1-17-9(6-10(16-17)12(13,14)15)11(19)18-5-3-4-8(18)7-20-2/h6,8H,3-5,7H2,1-2H3/t8-/m1/s1. The van der Waals surface area contributed by atoms with Crippen LogP contribution in [0.2, 0.25) is 0 Å². The smallest absolute Gasteiger partial charge is 0.383 e. The van der Waals surface area contributed by atoms with Gasteiger partial charge in [-0.25, -0.2) is 0 Å². The monoisotopic (exact) mass is 291 g/mol. The van der Waals surface area contributed by atoms with Crippen LogP contribution in [0.3, 0.4) is 0 Å². The third kappa shape index (κ3) is 2.79. The van der Waals surface area contributed by atoms with Crippen LogP contribution >= 0.6 is 0 Å². The van der Waals surface area contributed by atoms with Gasteiger partial charge in [0.25, 0.3) is 5.91 Å². The molecule has 1 atom stereocenters. The van der Waals surface area contributed by atoms with E-state index in [4.69, 9.17) is 4.74 Å². The molecule has 2 heterocycles. The maximum Gasteiger partial charge on any atom is 0.435 e. The molecule has 1 fully saturated rings. The third-order valence-corrected chi connectivity index (χ3v) is 3.39. The molecule has 8 heteroatoms. The number of carbonyl (C=O) groups is 1. The summed E-state index contributed by atoms with van der Waals surface area (Å²) in [5.41, 5.74) is -1.11. The second-order valence-corrected chi connectivity index (χ2v) is 4.79. The summed E-state index contributed by atoms with van der Waals surface area (Å²) in [6.45, 7) is 0.912. The molecule has 0 unspecified atom stereocenters. The zero-order valence-electron chi connectivity index (χ0n) is 11.3. The van der Waals surface area contributed by atoms with E-state index in [0.717, 1.165) is 23.6 Å². The van der Waals surface area contributed by atoms with E-state index >= 15 is 0 Å². The molecule has 1 aliphatic rings. The first-order valence-electron chi connectivity index (χ1n) is 6.25. The molecule has 20 heavy (non-hydrogen) atoms. The summed E-state index contributed by atoms with van der Waals surface area (Å²) in [7, 11) is 2.87. The second kappa shape index (κ2) is 5.43. The van der Waals surface area contributed by atoms with E-state index in [1.165, 1.54) is 14.2 Å². The van der Waals surface area contributed by atoms with Gasteiger partial charge in [0.15, 0.2) is 5.69 Å². The lowest BCUT2D eigenvalue weighted by atomic mass is 10.2. The normalized spacial score (nSPS) is 19.6. The maximum absolute atomic E-state index is 12.6. The van der Waals surface area contributed by atoms with E-state index in [2.05, 4.69) is 5.10 Å². The molecule has 2 rings (SSSR count). The summed E-state index contributed by atoms with van der Waals surface area (Å²) in [5.74, 6) is -0.435. The van der Waals surface area contributed by atoms with Crippen LogP contribution in [0.1, 0.15) is 29.0 Å². The molecule has 0 aromatic carbocycles. The Bertz CT molecular complexity index is 499. The number of aryl methyl sites for hydroxylation is 1. The number of ether oxygens (including phenoxy) is 1. The summed E-state index contributed by atoms with van der Waals surface area (Å²) in [5, 5.41) is 3.36. The van der Waals surface area contributed by atoms with Crippen LogP contribution in [-0.4, -0.2) is 46.9 Å². The number of likely N-dealkylation sites (tertiary alicyclic amines) is 1. The SMILES string of the molecule is COC[C@H]1CCCN1C(=O)c1cc(C(F)(F)F)nn1C. The minimum atomic E-state index is -4.55. The van der Waals surface area contributed by atoms with Crippen LogP contribution in [0.15, 0.2) is 6.07 Å². The van der Waals surface area contributed by atoms with Gasteiger partial charge in [0.05, 0.1) is 12.6 Å². The topological polar surface area (TPSA) is 47.4 Å². The summed E-state index contributed by atoms with van der Waals surface area (Å²) >= 11 is 0. The molecule has 1 amide bonds. The Kier molecular flexibility index (Phi) is 4.03. The molecule has 0 aliphatic carbocycles. The first kappa shape index (κ1) is 14.8. The molecule has 1 aromatic rings. The lowest BCUT2D eigenvalue weighted by molar-refractivity contribution is -0.141. The Balaban J connectivity index is 2.23. The van der Waals surface area contributed by atoms with Gasteiger partial charge in [0, 0.05) is 26.8 Å². The first-order chi connectivity index (χ1) is 9.34. The van der Waals surface area contributed by atoms with E-state index in [1.54, 1.807) is 4.90 Å². The van der Waals surface area contributed by atoms with Crippen molar-refractivity contribution in [3.8, 4) is 0 Å². The van der Waals surface area contributed by atoms with Crippen molar-refractivity contribution < 1.29 is 22.7 Å². The molecule has 0 bridgehead atoms. The number of nitrogens with zero attached hydrogens (tertiary/aromatic N) is 3. The van der Waals surface area contributed by atoms with Crippen LogP contribution in [0, 0.1) is 0 Å². The zero-order valence-corrected chi connectivity index (χ0v) is 11.3. The number of carbonyl (C=O) groups excluding carboxylic acids is 1. The predicted octanol–water partition coefficient (Wildman–Crippen LogP) is 1.69. The largest absolute Gasteiger partial charge is 0.435 e. The van der Waals surface area contributed by atoms with Gasteiger partial charge in [-0.2, -0.15) is 18.3 Å². The molecular formula is C12H16F3N3O2. The number of halogens is 3. The van der Waals surface area contributed by atoms with E-state index in [1.807, 2.05) is 0 Å². The van der Waals surface area contributed by atoms with Gasteiger partial charge in [0.1, 0.15) is 5.69 Å². The first-order valence-corrected chi connectivity index (χ1v) is 6.25. The molecule has 0 spiro atoms. The molecule has 5 nitrogen and oxygen atoms in total. The molecule has 1 aliphatic heterocycles. The highest BCUT2D eigenvalue weighted by Crippen LogP contribution is 2.29. The van der Waals surface area contributed by atoms with Gasteiger partial charge in [-0.1, -0.05) is 0 Å². The summed E-state index contributed by atoms with van der Waals surface area (Å²) < 4.78 is 43.8. The van der Waals surface area contributed by atoms with Crippen molar-refractivity contribution >= 4 is 5.91 Å². The Morgan fingerprint density at radius 2 is 2.25 bits per heavy atom. The Labute approximate surface area is 114 Å². The Morgan fingerprint density at radius 3 is 2.80 bits per heavy atom. The van der Waals surface area contributed by atoms with Gasteiger partial charge in [-0.3, -0.25) is 9.48 Å². The molecule has 0 saturated carbocycles.